The van der Waals surface area contributed by atoms with Crippen LogP contribution in [0.4, 0.5) is 11.4 Å². The highest BCUT2D eigenvalue weighted by molar-refractivity contribution is 5.92. The smallest absolute Gasteiger partial charge is 0.224 e. The van der Waals surface area contributed by atoms with Crippen molar-refractivity contribution in [2.24, 2.45) is 0 Å². The van der Waals surface area contributed by atoms with Gasteiger partial charge in [0, 0.05) is 24.2 Å². The average Bonchev–Trinajstić information content (AvgIpc) is 3.29. The van der Waals surface area contributed by atoms with Crippen molar-refractivity contribution in [3.05, 3.63) is 119 Å². The molecule has 2 N–H and O–H groups in total. The Morgan fingerprint density at radius 2 is 0.927 bits per heavy atom. The van der Waals surface area contributed by atoms with E-state index in [9.17, 15) is 9.59 Å². The first-order chi connectivity index (χ1) is 20.1. The monoisotopic (exact) mass is 544 g/mol. The third-order valence-electron chi connectivity index (χ3n) is 8.17. The highest BCUT2D eigenvalue weighted by atomic mass is 16.2. The molecule has 0 aliphatic heterocycles. The molecule has 0 spiro atoms. The number of benzene rings is 4. The molecule has 0 saturated heterocycles. The molecule has 0 atom stereocenters. The predicted molar refractivity (Wildman–Crippen MR) is 169 cm³/mol. The fraction of sp³-hybridized carbons (Fsp3) is 0.297. The van der Waals surface area contributed by atoms with Crippen molar-refractivity contribution in [3.63, 3.8) is 0 Å². The van der Waals surface area contributed by atoms with E-state index in [0.717, 1.165) is 61.0 Å². The van der Waals surface area contributed by atoms with Gasteiger partial charge in [0.25, 0.3) is 0 Å². The Labute approximate surface area is 244 Å². The maximum Gasteiger partial charge on any atom is 0.224 e. The molecule has 210 valence electrons. The van der Waals surface area contributed by atoms with Crippen molar-refractivity contribution < 1.29 is 9.59 Å². The van der Waals surface area contributed by atoms with Gasteiger partial charge in [0.05, 0.1) is 5.41 Å². The van der Waals surface area contributed by atoms with E-state index in [1.165, 1.54) is 22.3 Å². The Bertz CT molecular complexity index is 1370. The summed E-state index contributed by atoms with van der Waals surface area (Å²) >= 11 is 0. The maximum absolute atomic E-state index is 12.5. The van der Waals surface area contributed by atoms with E-state index < -0.39 is 5.41 Å². The number of hydrogen-bond acceptors (Lipinski definition) is 2. The van der Waals surface area contributed by atoms with Gasteiger partial charge in [0.1, 0.15) is 0 Å². The van der Waals surface area contributed by atoms with Crippen molar-refractivity contribution in [2.45, 2.75) is 70.6 Å². The first-order valence-electron chi connectivity index (χ1n) is 15.1. The Hall–Kier alpha value is -4.18. The number of anilines is 2. The Balaban J connectivity index is 1.53. The minimum Gasteiger partial charge on any atom is -0.326 e. The molecule has 0 radical (unpaired) electrons. The van der Waals surface area contributed by atoms with Gasteiger partial charge >= 0.3 is 0 Å². The summed E-state index contributed by atoms with van der Waals surface area (Å²) in [6.07, 6.45) is 7.23. The number of amides is 2. The fourth-order valence-corrected chi connectivity index (χ4v) is 6.15. The van der Waals surface area contributed by atoms with Crippen molar-refractivity contribution >= 4 is 23.2 Å². The topological polar surface area (TPSA) is 58.2 Å². The Kier molecular flexibility index (Phi) is 8.98. The Morgan fingerprint density at radius 1 is 0.537 bits per heavy atom. The summed E-state index contributed by atoms with van der Waals surface area (Å²) in [5.41, 5.74) is 8.28. The molecule has 4 nitrogen and oxygen atoms in total. The van der Waals surface area contributed by atoms with E-state index in [-0.39, 0.29) is 11.8 Å². The van der Waals surface area contributed by atoms with Gasteiger partial charge in [0.2, 0.25) is 11.8 Å². The lowest BCUT2D eigenvalue weighted by atomic mass is 9.67. The molecule has 1 aliphatic carbocycles. The van der Waals surface area contributed by atoms with Crippen LogP contribution in [0.1, 0.15) is 87.5 Å². The Morgan fingerprint density at radius 3 is 1.32 bits per heavy atom. The minimum atomic E-state index is -0.527. The van der Waals surface area contributed by atoms with Gasteiger partial charge in [-0.1, -0.05) is 112 Å². The second-order valence-electron chi connectivity index (χ2n) is 11.0. The molecule has 4 aromatic rings. The normalized spacial score (nSPS) is 12.8. The molecule has 4 aromatic carbocycles. The molecule has 1 aliphatic rings. The minimum absolute atomic E-state index is 0.0600. The molecule has 0 bridgehead atoms. The summed E-state index contributed by atoms with van der Waals surface area (Å²) in [6.45, 7) is 4.29. The number of rotatable bonds is 12. The lowest BCUT2D eigenvalue weighted by Crippen LogP contribution is -2.28. The fourth-order valence-electron chi connectivity index (χ4n) is 6.15. The van der Waals surface area contributed by atoms with Gasteiger partial charge in [-0.25, -0.2) is 0 Å². The number of hydrogen-bond donors (Lipinski definition) is 2. The molecule has 0 saturated carbocycles. The molecule has 4 heteroatoms. The van der Waals surface area contributed by atoms with Crippen LogP contribution in [0.15, 0.2) is 97.1 Å². The summed E-state index contributed by atoms with van der Waals surface area (Å²) in [6, 6.07) is 33.9. The SMILES string of the molecule is CCCCCC(=O)Nc1ccc(C2(c3ccc(NC(=O)CCCCC)cc3)c3ccccc3-c3ccccc32)cc1. The summed E-state index contributed by atoms with van der Waals surface area (Å²) in [5, 5.41) is 6.15. The largest absolute Gasteiger partial charge is 0.326 e. The van der Waals surface area contributed by atoms with E-state index >= 15 is 0 Å². The molecule has 0 unspecified atom stereocenters. The average molecular weight is 545 g/mol. The zero-order valence-electron chi connectivity index (χ0n) is 24.2. The molecule has 41 heavy (non-hydrogen) atoms. The van der Waals surface area contributed by atoms with Gasteiger partial charge in [-0.15, -0.1) is 0 Å². The molecule has 0 heterocycles. The van der Waals surface area contributed by atoms with E-state index in [4.69, 9.17) is 0 Å². The highest BCUT2D eigenvalue weighted by Crippen LogP contribution is 2.56. The van der Waals surface area contributed by atoms with E-state index in [1.807, 2.05) is 24.3 Å². The van der Waals surface area contributed by atoms with Crippen LogP contribution >= 0.6 is 0 Å². The van der Waals surface area contributed by atoms with Crippen LogP contribution in [0.2, 0.25) is 0 Å². The van der Waals surface area contributed by atoms with Crippen LogP contribution in [-0.4, -0.2) is 11.8 Å². The highest BCUT2D eigenvalue weighted by Gasteiger charge is 2.45. The van der Waals surface area contributed by atoms with E-state index in [2.05, 4.69) is 97.3 Å². The van der Waals surface area contributed by atoms with Gasteiger partial charge in [-0.3, -0.25) is 9.59 Å². The van der Waals surface area contributed by atoms with Gasteiger partial charge in [-0.05, 0) is 70.5 Å². The molecular weight excluding hydrogens is 504 g/mol. The lowest BCUT2D eigenvalue weighted by molar-refractivity contribution is -0.117. The summed E-state index contributed by atoms with van der Waals surface area (Å²) in [5.74, 6) is 0.120. The van der Waals surface area contributed by atoms with Crippen molar-refractivity contribution in [1.29, 1.82) is 0 Å². The van der Waals surface area contributed by atoms with Crippen LogP contribution in [0.3, 0.4) is 0 Å². The molecule has 0 fully saturated rings. The van der Waals surface area contributed by atoms with Crippen LogP contribution in [0.25, 0.3) is 11.1 Å². The van der Waals surface area contributed by atoms with E-state index in [0.29, 0.717) is 12.8 Å². The first kappa shape index (κ1) is 28.4. The number of carbonyl (C=O) groups excluding carboxylic acids is 2. The zero-order chi connectivity index (χ0) is 28.7. The van der Waals surface area contributed by atoms with Crippen LogP contribution in [0, 0.1) is 0 Å². The van der Waals surface area contributed by atoms with E-state index in [1.54, 1.807) is 0 Å². The van der Waals surface area contributed by atoms with Crippen molar-refractivity contribution in [3.8, 4) is 11.1 Å². The van der Waals surface area contributed by atoms with Crippen LogP contribution in [-0.2, 0) is 15.0 Å². The molecular formula is C37H40N2O2. The summed E-state index contributed by atoms with van der Waals surface area (Å²) < 4.78 is 0. The van der Waals surface area contributed by atoms with Crippen molar-refractivity contribution in [2.75, 3.05) is 10.6 Å². The molecule has 0 aromatic heterocycles. The zero-order valence-corrected chi connectivity index (χ0v) is 24.2. The van der Waals surface area contributed by atoms with Crippen LogP contribution in [0.5, 0.6) is 0 Å². The molecule has 5 rings (SSSR count). The number of carbonyl (C=O) groups is 2. The lowest BCUT2D eigenvalue weighted by Gasteiger charge is -2.34. The summed E-state index contributed by atoms with van der Waals surface area (Å²) in [4.78, 5) is 25.0. The maximum atomic E-state index is 12.5. The van der Waals surface area contributed by atoms with Gasteiger partial charge in [0.15, 0.2) is 0 Å². The number of nitrogens with one attached hydrogen (secondary N) is 2. The quantitative estimate of drug-likeness (QED) is 0.154. The summed E-state index contributed by atoms with van der Waals surface area (Å²) in [7, 11) is 0. The second kappa shape index (κ2) is 13.0. The first-order valence-corrected chi connectivity index (χ1v) is 15.1. The number of unbranched alkanes of at least 4 members (excludes halogenated alkanes) is 4. The molecule has 2 amide bonds. The third kappa shape index (κ3) is 5.83. The van der Waals surface area contributed by atoms with Crippen molar-refractivity contribution in [1.82, 2.24) is 0 Å². The van der Waals surface area contributed by atoms with Gasteiger partial charge < -0.3 is 10.6 Å². The standard InChI is InChI=1S/C37H40N2O2/c1-3-5-7-17-35(40)38-29-23-19-27(20-24-29)37(28-21-25-30(26-22-28)39-36(41)18-8-6-4-2)33-15-11-9-13-31(33)32-14-10-12-16-34(32)37/h9-16,19-26H,3-8,17-18H2,1-2H3,(H,38,40)(H,39,41). The second-order valence-corrected chi connectivity index (χ2v) is 11.0. The number of fused-ring (bicyclic) bond motifs is 3. The van der Waals surface area contributed by atoms with Crippen LogP contribution < -0.4 is 10.6 Å². The third-order valence-corrected chi connectivity index (χ3v) is 8.17. The van der Waals surface area contributed by atoms with Gasteiger partial charge in [-0.2, -0.15) is 0 Å². The predicted octanol–water partition coefficient (Wildman–Crippen LogP) is 9.09.